The molecule has 0 bridgehead atoms. The summed E-state index contributed by atoms with van der Waals surface area (Å²) in [5.74, 6) is -0.333. The van der Waals surface area contributed by atoms with Crippen LogP contribution in [0, 0.1) is 0 Å². The zero-order chi connectivity index (χ0) is 8.70. The average molecular weight is 158 g/mol. The third-order valence-electron chi connectivity index (χ3n) is 2.68. The van der Waals surface area contributed by atoms with Crippen molar-refractivity contribution in [2.75, 3.05) is 0 Å². The summed E-state index contributed by atoms with van der Waals surface area (Å²) in [6.45, 7) is 2.83. The highest BCUT2D eigenvalue weighted by Crippen LogP contribution is 2.39. The van der Waals surface area contributed by atoms with Crippen molar-refractivity contribution in [3.63, 3.8) is 0 Å². The molecule has 1 rings (SSSR count). The number of aliphatic hydroxyl groups is 2. The van der Waals surface area contributed by atoms with Gasteiger partial charge in [-0.05, 0) is 33.1 Å². The molecule has 3 nitrogen and oxygen atoms in total. The highest BCUT2D eigenvalue weighted by Gasteiger charge is 2.52. The topological polar surface area (TPSA) is 57.5 Å². The second-order valence-corrected chi connectivity index (χ2v) is 3.54. The summed E-state index contributed by atoms with van der Waals surface area (Å²) in [6.07, 6.45) is 1.60. The molecular weight excluding hydrogens is 144 g/mol. The predicted octanol–water partition coefficient (Wildman–Crippen LogP) is 0.241. The van der Waals surface area contributed by atoms with Gasteiger partial charge in [-0.1, -0.05) is 0 Å². The van der Waals surface area contributed by atoms with E-state index >= 15 is 0 Å². The van der Waals surface area contributed by atoms with Crippen molar-refractivity contribution in [2.24, 2.45) is 0 Å². The summed E-state index contributed by atoms with van der Waals surface area (Å²) in [6, 6.07) is 0. The number of ketones is 1. The van der Waals surface area contributed by atoms with E-state index in [0.29, 0.717) is 19.3 Å². The van der Waals surface area contributed by atoms with Gasteiger partial charge in [0.1, 0.15) is 0 Å². The van der Waals surface area contributed by atoms with Crippen LogP contribution >= 0.6 is 0 Å². The van der Waals surface area contributed by atoms with E-state index in [2.05, 4.69) is 0 Å². The quantitative estimate of drug-likeness (QED) is 0.574. The minimum Gasteiger partial charge on any atom is -0.387 e. The van der Waals surface area contributed by atoms with Gasteiger partial charge in [0.05, 0.1) is 5.60 Å². The fraction of sp³-hybridized carbons (Fsp3) is 0.875. The molecule has 11 heavy (non-hydrogen) atoms. The summed E-state index contributed by atoms with van der Waals surface area (Å²) < 4.78 is 0. The van der Waals surface area contributed by atoms with E-state index < -0.39 is 11.2 Å². The molecule has 64 valence electrons. The molecule has 0 aromatic heterocycles. The maximum absolute atomic E-state index is 11.0. The van der Waals surface area contributed by atoms with Gasteiger partial charge in [0, 0.05) is 0 Å². The first-order chi connectivity index (χ1) is 4.90. The largest absolute Gasteiger partial charge is 0.387 e. The van der Waals surface area contributed by atoms with Crippen molar-refractivity contribution in [3.05, 3.63) is 0 Å². The van der Waals surface area contributed by atoms with Crippen LogP contribution in [0.1, 0.15) is 33.1 Å². The molecule has 1 fully saturated rings. The molecule has 2 atom stereocenters. The van der Waals surface area contributed by atoms with Crippen LogP contribution in [0.4, 0.5) is 0 Å². The molecule has 0 heterocycles. The molecule has 0 aromatic carbocycles. The van der Waals surface area contributed by atoms with Crippen molar-refractivity contribution in [2.45, 2.75) is 44.3 Å². The molecule has 0 spiro atoms. The normalized spacial score (nSPS) is 44.4. The van der Waals surface area contributed by atoms with Crippen LogP contribution in [0.15, 0.2) is 0 Å². The first-order valence-electron chi connectivity index (χ1n) is 3.86. The highest BCUT2D eigenvalue weighted by atomic mass is 16.4. The molecule has 0 unspecified atom stereocenters. The lowest BCUT2D eigenvalue weighted by Crippen LogP contribution is -2.52. The van der Waals surface area contributed by atoms with Gasteiger partial charge in [0.2, 0.25) is 0 Å². The number of carbonyl (C=O) groups is 1. The Morgan fingerprint density at radius 3 is 2.09 bits per heavy atom. The van der Waals surface area contributed by atoms with Gasteiger partial charge in [-0.15, -0.1) is 0 Å². The van der Waals surface area contributed by atoms with Crippen LogP contribution < -0.4 is 0 Å². The van der Waals surface area contributed by atoms with E-state index in [-0.39, 0.29) is 5.78 Å². The third kappa shape index (κ3) is 1.08. The zero-order valence-corrected chi connectivity index (χ0v) is 6.92. The molecule has 0 aromatic rings. The van der Waals surface area contributed by atoms with Gasteiger partial charge in [-0.2, -0.15) is 0 Å². The lowest BCUT2D eigenvalue weighted by molar-refractivity contribution is -0.159. The van der Waals surface area contributed by atoms with E-state index in [0.717, 1.165) is 0 Å². The monoisotopic (exact) mass is 158 g/mol. The number of rotatable bonds is 1. The number of hydrogen-bond acceptors (Lipinski definition) is 3. The zero-order valence-electron chi connectivity index (χ0n) is 6.92. The lowest BCUT2D eigenvalue weighted by Gasteiger charge is -2.32. The Kier molecular flexibility index (Phi) is 1.81. The molecule has 3 heteroatoms. The molecular formula is C8H14O3. The molecule has 1 aliphatic carbocycles. The van der Waals surface area contributed by atoms with Crippen LogP contribution in [0.2, 0.25) is 0 Å². The summed E-state index contributed by atoms with van der Waals surface area (Å²) >= 11 is 0. The van der Waals surface area contributed by atoms with Crippen molar-refractivity contribution >= 4 is 5.78 Å². The maximum Gasteiger partial charge on any atom is 0.164 e. The summed E-state index contributed by atoms with van der Waals surface area (Å²) in [4.78, 5) is 11.0. The Morgan fingerprint density at radius 2 is 1.91 bits per heavy atom. The van der Waals surface area contributed by atoms with Gasteiger partial charge in [0.25, 0.3) is 0 Å². The summed E-state index contributed by atoms with van der Waals surface area (Å²) in [5, 5.41) is 19.3. The van der Waals surface area contributed by atoms with Crippen LogP contribution in [0.3, 0.4) is 0 Å². The molecule has 2 N–H and O–H groups in total. The fourth-order valence-corrected chi connectivity index (χ4v) is 1.72. The van der Waals surface area contributed by atoms with Crippen molar-refractivity contribution in [1.82, 2.24) is 0 Å². The summed E-state index contributed by atoms with van der Waals surface area (Å²) in [7, 11) is 0. The lowest BCUT2D eigenvalue weighted by atomic mass is 9.85. The molecule has 0 aliphatic heterocycles. The van der Waals surface area contributed by atoms with E-state index in [1.54, 1.807) is 0 Å². The van der Waals surface area contributed by atoms with Gasteiger partial charge in [0.15, 0.2) is 11.4 Å². The van der Waals surface area contributed by atoms with Gasteiger partial charge < -0.3 is 10.2 Å². The number of Topliss-reactive ketones (excluding diaryl/α,β-unsaturated/α-hetero) is 1. The predicted molar refractivity (Wildman–Crippen MR) is 40.1 cm³/mol. The van der Waals surface area contributed by atoms with Gasteiger partial charge in [-0.3, -0.25) is 4.79 Å². The third-order valence-corrected chi connectivity index (χ3v) is 2.68. The first kappa shape index (κ1) is 8.68. The molecule has 0 saturated heterocycles. The Hall–Kier alpha value is -0.410. The second kappa shape index (κ2) is 2.29. The minimum atomic E-state index is -1.49. The first-order valence-corrected chi connectivity index (χ1v) is 3.86. The number of carbonyl (C=O) groups excluding carboxylic acids is 1. The standard InChI is InChI=1S/C8H14O3/c1-6(9)8(11)5-3-4-7(8,2)10/h10-11H,3-5H2,1-2H3/t7-,8-/m0/s1. The van der Waals surface area contributed by atoms with Crippen molar-refractivity contribution in [1.29, 1.82) is 0 Å². The molecule has 1 aliphatic rings. The number of hydrogen-bond donors (Lipinski definition) is 2. The SMILES string of the molecule is CC(=O)[C@@]1(O)CCC[C@]1(C)O. The molecule has 0 amide bonds. The van der Waals surface area contributed by atoms with E-state index in [1.807, 2.05) is 0 Å². The summed E-state index contributed by atoms with van der Waals surface area (Å²) in [5.41, 5.74) is -2.72. The van der Waals surface area contributed by atoms with E-state index in [4.69, 9.17) is 0 Å². The Bertz CT molecular complexity index is 186. The van der Waals surface area contributed by atoms with Gasteiger partial charge >= 0.3 is 0 Å². The Morgan fingerprint density at radius 1 is 1.36 bits per heavy atom. The van der Waals surface area contributed by atoms with E-state index in [1.165, 1.54) is 13.8 Å². The van der Waals surface area contributed by atoms with Crippen LogP contribution in [0.25, 0.3) is 0 Å². The van der Waals surface area contributed by atoms with Crippen LogP contribution in [0.5, 0.6) is 0 Å². The smallest absolute Gasteiger partial charge is 0.164 e. The van der Waals surface area contributed by atoms with Crippen molar-refractivity contribution < 1.29 is 15.0 Å². The molecule has 0 radical (unpaired) electrons. The molecule has 1 saturated carbocycles. The van der Waals surface area contributed by atoms with Crippen LogP contribution in [-0.4, -0.2) is 27.2 Å². The van der Waals surface area contributed by atoms with E-state index in [9.17, 15) is 15.0 Å². The maximum atomic E-state index is 11.0. The van der Waals surface area contributed by atoms with Crippen molar-refractivity contribution in [3.8, 4) is 0 Å². The van der Waals surface area contributed by atoms with Gasteiger partial charge in [-0.25, -0.2) is 0 Å². The minimum absolute atomic E-state index is 0.333. The Labute approximate surface area is 66.0 Å². The van der Waals surface area contributed by atoms with Crippen LogP contribution in [-0.2, 0) is 4.79 Å². The Balaban J connectivity index is 2.93. The fourth-order valence-electron chi connectivity index (χ4n) is 1.72. The highest BCUT2D eigenvalue weighted by molar-refractivity contribution is 5.86. The second-order valence-electron chi connectivity index (χ2n) is 3.54. The average Bonchev–Trinajstić information content (AvgIpc) is 2.09.